The summed E-state index contributed by atoms with van der Waals surface area (Å²) in [7, 11) is 0. The second-order valence-corrected chi connectivity index (χ2v) is 3.27. The summed E-state index contributed by atoms with van der Waals surface area (Å²) in [6, 6.07) is 4.36. The molecule has 11 heavy (non-hydrogen) atoms. The standard InChI is InChI=1S/C8H8N2S/c1-2-7(4-9-3-1)8-5-11-6-10-8/h1-4,6,8H,5H2. The Balaban J connectivity index is 2.23. The van der Waals surface area contributed by atoms with Crippen LogP contribution >= 0.6 is 11.8 Å². The molecule has 1 aromatic rings. The molecule has 1 aliphatic rings. The maximum absolute atomic E-state index is 4.30. The van der Waals surface area contributed by atoms with E-state index in [0.717, 1.165) is 5.75 Å². The van der Waals surface area contributed by atoms with E-state index in [2.05, 4.69) is 16.0 Å². The van der Waals surface area contributed by atoms with Crippen molar-refractivity contribution in [2.45, 2.75) is 6.04 Å². The van der Waals surface area contributed by atoms with Crippen LogP contribution in [0.1, 0.15) is 11.6 Å². The number of thioether (sulfide) groups is 1. The molecule has 0 bridgehead atoms. The van der Waals surface area contributed by atoms with Gasteiger partial charge in [0, 0.05) is 18.1 Å². The zero-order valence-corrected chi connectivity index (χ0v) is 6.79. The average molecular weight is 164 g/mol. The normalized spacial score (nSPS) is 22.4. The van der Waals surface area contributed by atoms with Crippen LogP contribution in [-0.2, 0) is 0 Å². The molecule has 0 radical (unpaired) electrons. The van der Waals surface area contributed by atoms with Gasteiger partial charge in [-0.2, -0.15) is 0 Å². The van der Waals surface area contributed by atoms with Gasteiger partial charge < -0.3 is 0 Å². The highest BCUT2D eigenvalue weighted by atomic mass is 32.2. The third kappa shape index (κ3) is 1.43. The molecule has 0 aromatic carbocycles. The van der Waals surface area contributed by atoms with E-state index < -0.39 is 0 Å². The van der Waals surface area contributed by atoms with Gasteiger partial charge in [0.1, 0.15) is 0 Å². The molecule has 1 aromatic heterocycles. The molecule has 56 valence electrons. The second kappa shape index (κ2) is 3.05. The van der Waals surface area contributed by atoms with Crippen LogP contribution in [0.5, 0.6) is 0 Å². The number of hydrogen-bond donors (Lipinski definition) is 0. The van der Waals surface area contributed by atoms with Gasteiger partial charge in [-0.3, -0.25) is 9.98 Å². The SMILES string of the molecule is C1=NC(c2cccnc2)CS1. The van der Waals surface area contributed by atoms with Crippen molar-refractivity contribution in [1.82, 2.24) is 4.98 Å². The molecule has 1 aliphatic heterocycles. The van der Waals surface area contributed by atoms with E-state index in [-0.39, 0.29) is 0 Å². The first kappa shape index (κ1) is 6.85. The fourth-order valence-electron chi connectivity index (χ4n) is 1.05. The summed E-state index contributed by atoms with van der Waals surface area (Å²) in [6.45, 7) is 0. The highest BCUT2D eigenvalue weighted by Gasteiger charge is 2.12. The summed E-state index contributed by atoms with van der Waals surface area (Å²) in [5.74, 6) is 1.06. The lowest BCUT2D eigenvalue weighted by molar-refractivity contribution is 0.844. The molecule has 0 aliphatic carbocycles. The zero-order valence-electron chi connectivity index (χ0n) is 5.97. The summed E-state index contributed by atoms with van der Waals surface area (Å²) in [4.78, 5) is 8.35. The van der Waals surface area contributed by atoms with Crippen LogP contribution < -0.4 is 0 Å². The smallest absolute Gasteiger partial charge is 0.0864 e. The van der Waals surface area contributed by atoms with E-state index in [0.29, 0.717) is 6.04 Å². The van der Waals surface area contributed by atoms with Crippen LogP contribution in [0.25, 0.3) is 0 Å². The van der Waals surface area contributed by atoms with Crippen LogP contribution in [-0.4, -0.2) is 16.3 Å². The minimum Gasteiger partial charge on any atom is -0.277 e. The van der Waals surface area contributed by atoms with E-state index in [1.807, 2.05) is 17.8 Å². The van der Waals surface area contributed by atoms with Crippen molar-refractivity contribution in [3.8, 4) is 0 Å². The van der Waals surface area contributed by atoms with E-state index in [9.17, 15) is 0 Å². The fraction of sp³-hybridized carbons (Fsp3) is 0.250. The van der Waals surface area contributed by atoms with Crippen molar-refractivity contribution in [1.29, 1.82) is 0 Å². The molecule has 0 amide bonds. The Hall–Kier alpha value is -0.830. The Bertz CT molecular complexity index is 258. The molecule has 2 rings (SSSR count). The second-order valence-electron chi connectivity index (χ2n) is 2.39. The number of pyridine rings is 1. The van der Waals surface area contributed by atoms with E-state index in [1.165, 1.54) is 5.56 Å². The molecule has 0 fully saturated rings. The summed E-state index contributed by atoms with van der Waals surface area (Å²) in [5.41, 5.74) is 3.13. The van der Waals surface area contributed by atoms with Gasteiger partial charge in [-0.25, -0.2) is 0 Å². The zero-order chi connectivity index (χ0) is 7.52. The summed E-state index contributed by atoms with van der Waals surface area (Å²) in [5, 5.41) is 0. The van der Waals surface area contributed by atoms with Crippen LogP contribution in [0.3, 0.4) is 0 Å². The molecule has 1 atom stereocenters. The van der Waals surface area contributed by atoms with Gasteiger partial charge in [0.25, 0.3) is 0 Å². The topological polar surface area (TPSA) is 25.2 Å². The van der Waals surface area contributed by atoms with E-state index in [4.69, 9.17) is 0 Å². The number of aromatic nitrogens is 1. The number of hydrogen-bond acceptors (Lipinski definition) is 3. The molecular weight excluding hydrogens is 156 g/mol. The van der Waals surface area contributed by atoms with Crippen LogP contribution in [0.4, 0.5) is 0 Å². The van der Waals surface area contributed by atoms with Gasteiger partial charge in [0.15, 0.2) is 0 Å². The molecule has 0 saturated carbocycles. The monoisotopic (exact) mass is 164 g/mol. The number of rotatable bonds is 1. The van der Waals surface area contributed by atoms with Crippen molar-refractivity contribution in [3.05, 3.63) is 30.1 Å². The van der Waals surface area contributed by atoms with Crippen molar-refractivity contribution in [3.63, 3.8) is 0 Å². The largest absolute Gasteiger partial charge is 0.277 e. The van der Waals surface area contributed by atoms with E-state index >= 15 is 0 Å². The molecule has 2 nitrogen and oxygen atoms in total. The number of nitrogens with zero attached hydrogens (tertiary/aromatic N) is 2. The lowest BCUT2D eigenvalue weighted by Crippen LogP contribution is -1.93. The molecule has 0 saturated heterocycles. The first-order chi connectivity index (χ1) is 5.47. The first-order valence-electron chi connectivity index (χ1n) is 3.50. The third-order valence-corrected chi connectivity index (χ3v) is 2.42. The lowest BCUT2D eigenvalue weighted by atomic mass is 10.1. The van der Waals surface area contributed by atoms with Crippen molar-refractivity contribution in [2.24, 2.45) is 4.99 Å². The quantitative estimate of drug-likeness (QED) is 0.633. The molecule has 1 unspecified atom stereocenters. The highest BCUT2D eigenvalue weighted by Crippen LogP contribution is 2.25. The van der Waals surface area contributed by atoms with Crippen molar-refractivity contribution in [2.75, 3.05) is 5.75 Å². The Morgan fingerprint density at radius 3 is 3.18 bits per heavy atom. The maximum Gasteiger partial charge on any atom is 0.0864 e. The third-order valence-electron chi connectivity index (χ3n) is 1.64. The van der Waals surface area contributed by atoms with Crippen molar-refractivity contribution >= 4 is 17.3 Å². The summed E-state index contributed by atoms with van der Waals surface area (Å²) in [6.07, 6.45) is 3.67. The number of aliphatic imine (C=N–C) groups is 1. The predicted molar refractivity (Wildman–Crippen MR) is 47.9 cm³/mol. The van der Waals surface area contributed by atoms with Gasteiger partial charge >= 0.3 is 0 Å². The summed E-state index contributed by atoms with van der Waals surface area (Å²) < 4.78 is 0. The minimum absolute atomic E-state index is 0.341. The van der Waals surface area contributed by atoms with Crippen molar-refractivity contribution < 1.29 is 0 Å². The predicted octanol–water partition coefficient (Wildman–Crippen LogP) is 1.90. The fourth-order valence-corrected chi connectivity index (χ4v) is 1.83. The van der Waals surface area contributed by atoms with Crippen LogP contribution in [0, 0.1) is 0 Å². The maximum atomic E-state index is 4.30. The molecule has 3 heteroatoms. The molecule has 0 N–H and O–H groups in total. The molecule has 2 heterocycles. The van der Waals surface area contributed by atoms with Gasteiger partial charge in [-0.15, -0.1) is 11.8 Å². The van der Waals surface area contributed by atoms with Gasteiger partial charge in [-0.1, -0.05) is 6.07 Å². The van der Waals surface area contributed by atoms with Gasteiger partial charge in [0.05, 0.1) is 11.6 Å². The Morgan fingerprint density at radius 1 is 1.55 bits per heavy atom. The Kier molecular flexibility index (Phi) is 1.90. The van der Waals surface area contributed by atoms with E-state index in [1.54, 1.807) is 18.0 Å². The van der Waals surface area contributed by atoms with Gasteiger partial charge in [-0.05, 0) is 11.6 Å². The highest BCUT2D eigenvalue weighted by molar-refractivity contribution is 8.12. The van der Waals surface area contributed by atoms with Crippen LogP contribution in [0.15, 0.2) is 29.5 Å². The van der Waals surface area contributed by atoms with Crippen LogP contribution in [0.2, 0.25) is 0 Å². The Morgan fingerprint density at radius 2 is 2.55 bits per heavy atom. The average Bonchev–Trinajstić information content (AvgIpc) is 2.58. The lowest BCUT2D eigenvalue weighted by Gasteiger charge is -2.03. The Labute approximate surface area is 69.8 Å². The minimum atomic E-state index is 0.341. The first-order valence-corrected chi connectivity index (χ1v) is 4.55. The summed E-state index contributed by atoms with van der Waals surface area (Å²) >= 11 is 1.76. The van der Waals surface area contributed by atoms with Gasteiger partial charge in [0.2, 0.25) is 0 Å². The molecular formula is C8H8N2S. The molecule has 0 spiro atoms.